The molecule has 4 heterocycles. The third-order valence-corrected chi connectivity index (χ3v) is 8.99. The minimum atomic E-state index is -0.624. The van der Waals surface area contributed by atoms with Crippen LogP contribution < -0.4 is 21.3 Å². The molecule has 1 aromatic heterocycles. The standard InChI is InChI=1S/C33H38FN7O3/c34-27-18-21(4-9-25(27)26-10-11-29(42)39-33(26)44)20-40-16-12-23(13-17-40)22-5-7-24(8-6-22)37-32-30(31(35)43)36-19-28(38-32)41-14-2-1-3-15-41/h4-9,18-19,23,26H,1-3,10-17,20H2,(H2,35,43)(H,37,38)(H,39,42,44). The van der Waals surface area contributed by atoms with Gasteiger partial charge in [-0.3, -0.25) is 24.6 Å². The van der Waals surface area contributed by atoms with Crippen LogP contribution in [0.2, 0.25) is 0 Å². The lowest BCUT2D eigenvalue weighted by Gasteiger charge is -2.32. The predicted octanol–water partition coefficient (Wildman–Crippen LogP) is 4.35. The van der Waals surface area contributed by atoms with Crippen molar-refractivity contribution in [1.82, 2.24) is 20.2 Å². The average Bonchev–Trinajstić information content (AvgIpc) is 3.03. The second kappa shape index (κ2) is 13.1. The zero-order valence-electron chi connectivity index (χ0n) is 24.7. The van der Waals surface area contributed by atoms with E-state index in [1.54, 1.807) is 12.3 Å². The summed E-state index contributed by atoms with van der Waals surface area (Å²) < 4.78 is 15.0. The first-order chi connectivity index (χ1) is 21.3. The Morgan fingerprint density at radius 3 is 2.43 bits per heavy atom. The molecule has 3 aromatic rings. The number of nitrogens with zero attached hydrogens (tertiary/aromatic N) is 4. The quantitative estimate of drug-likeness (QED) is 0.326. The van der Waals surface area contributed by atoms with Gasteiger partial charge in [0.05, 0.1) is 12.1 Å². The number of anilines is 3. The number of nitrogens with one attached hydrogen (secondary N) is 2. The van der Waals surface area contributed by atoms with Crippen LogP contribution in [0.1, 0.15) is 84.0 Å². The Bertz CT molecular complexity index is 1530. The van der Waals surface area contributed by atoms with Crippen LogP contribution in [0.4, 0.5) is 21.7 Å². The third kappa shape index (κ3) is 6.72. The van der Waals surface area contributed by atoms with E-state index >= 15 is 0 Å². The summed E-state index contributed by atoms with van der Waals surface area (Å²) in [6, 6.07) is 13.3. The maximum absolute atomic E-state index is 15.0. The van der Waals surface area contributed by atoms with E-state index in [-0.39, 0.29) is 18.0 Å². The van der Waals surface area contributed by atoms with Crippen LogP contribution in [0.25, 0.3) is 0 Å². The summed E-state index contributed by atoms with van der Waals surface area (Å²) in [6.45, 7) is 4.27. The smallest absolute Gasteiger partial charge is 0.271 e. The number of benzene rings is 2. The van der Waals surface area contributed by atoms with E-state index < -0.39 is 23.5 Å². The Labute approximate surface area is 256 Å². The van der Waals surface area contributed by atoms with E-state index in [0.29, 0.717) is 30.3 Å². The molecule has 1 atom stereocenters. The predicted molar refractivity (Wildman–Crippen MR) is 165 cm³/mol. The number of piperidine rings is 3. The molecule has 230 valence electrons. The summed E-state index contributed by atoms with van der Waals surface area (Å²) in [6.07, 6.45) is 7.59. The fourth-order valence-corrected chi connectivity index (χ4v) is 6.52. The number of hydrogen-bond acceptors (Lipinski definition) is 8. The molecular formula is C33H38FN7O3. The van der Waals surface area contributed by atoms with Crippen molar-refractivity contribution < 1.29 is 18.8 Å². The van der Waals surface area contributed by atoms with Crippen molar-refractivity contribution in [3.8, 4) is 0 Å². The van der Waals surface area contributed by atoms with E-state index in [4.69, 9.17) is 10.7 Å². The molecule has 1 unspecified atom stereocenters. The highest BCUT2D eigenvalue weighted by Gasteiger charge is 2.30. The van der Waals surface area contributed by atoms with Crippen LogP contribution in [0, 0.1) is 5.82 Å². The summed E-state index contributed by atoms with van der Waals surface area (Å²) in [5.74, 6) is -0.852. The lowest BCUT2D eigenvalue weighted by molar-refractivity contribution is -0.134. The average molecular weight is 600 g/mol. The van der Waals surface area contributed by atoms with Crippen molar-refractivity contribution in [2.75, 3.05) is 36.4 Å². The molecule has 0 radical (unpaired) electrons. The van der Waals surface area contributed by atoms with E-state index in [2.05, 4.69) is 37.6 Å². The molecule has 3 fully saturated rings. The molecule has 11 heteroatoms. The summed E-state index contributed by atoms with van der Waals surface area (Å²) in [4.78, 5) is 49.2. The normalized spacial score (nSPS) is 19.9. The van der Waals surface area contributed by atoms with Crippen molar-refractivity contribution in [2.24, 2.45) is 5.73 Å². The van der Waals surface area contributed by atoms with E-state index in [9.17, 15) is 18.8 Å². The highest BCUT2D eigenvalue weighted by atomic mass is 19.1. The van der Waals surface area contributed by atoms with E-state index in [1.165, 1.54) is 18.1 Å². The molecule has 0 spiro atoms. The number of hydrogen-bond donors (Lipinski definition) is 3. The molecule has 3 saturated heterocycles. The van der Waals surface area contributed by atoms with Gasteiger partial charge in [-0.05, 0) is 86.9 Å². The molecule has 2 aromatic carbocycles. The van der Waals surface area contributed by atoms with Crippen molar-refractivity contribution in [2.45, 2.75) is 63.3 Å². The highest BCUT2D eigenvalue weighted by Crippen LogP contribution is 2.32. The zero-order chi connectivity index (χ0) is 30.6. The summed E-state index contributed by atoms with van der Waals surface area (Å²) >= 11 is 0. The number of rotatable bonds is 8. The fraction of sp³-hybridized carbons (Fsp3) is 0.424. The lowest BCUT2D eigenvalue weighted by Crippen LogP contribution is -2.39. The van der Waals surface area contributed by atoms with Gasteiger partial charge in [0.2, 0.25) is 11.8 Å². The second-order valence-electron chi connectivity index (χ2n) is 12.0. The first kappa shape index (κ1) is 29.7. The van der Waals surface area contributed by atoms with Crippen LogP contribution in [0.15, 0.2) is 48.7 Å². The van der Waals surface area contributed by atoms with Crippen molar-refractivity contribution >= 4 is 35.0 Å². The topological polar surface area (TPSA) is 134 Å². The number of amides is 3. The first-order valence-electron chi connectivity index (χ1n) is 15.5. The summed E-state index contributed by atoms with van der Waals surface area (Å²) in [5, 5.41) is 5.56. The Balaban J connectivity index is 1.04. The maximum Gasteiger partial charge on any atom is 0.271 e. The molecule has 0 saturated carbocycles. The van der Waals surface area contributed by atoms with Crippen LogP contribution in [-0.2, 0) is 16.1 Å². The molecule has 44 heavy (non-hydrogen) atoms. The van der Waals surface area contributed by atoms with Gasteiger partial charge in [0.25, 0.3) is 5.91 Å². The van der Waals surface area contributed by atoms with Gasteiger partial charge in [0.15, 0.2) is 11.5 Å². The van der Waals surface area contributed by atoms with Gasteiger partial charge in [-0.2, -0.15) is 0 Å². The van der Waals surface area contributed by atoms with Gasteiger partial charge in [0, 0.05) is 37.3 Å². The maximum atomic E-state index is 15.0. The third-order valence-electron chi connectivity index (χ3n) is 8.99. The van der Waals surface area contributed by atoms with Crippen LogP contribution in [0.3, 0.4) is 0 Å². The molecule has 10 nitrogen and oxygen atoms in total. The molecule has 3 aliphatic heterocycles. The summed E-state index contributed by atoms with van der Waals surface area (Å²) in [5.41, 5.74) is 8.98. The van der Waals surface area contributed by atoms with Gasteiger partial charge in [-0.15, -0.1) is 0 Å². The highest BCUT2D eigenvalue weighted by molar-refractivity contribution is 6.01. The van der Waals surface area contributed by atoms with Gasteiger partial charge in [0.1, 0.15) is 11.6 Å². The molecule has 3 amide bonds. The van der Waals surface area contributed by atoms with Gasteiger partial charge >= 0.3 is 0 Å². The Morgan fingerprint density at radius 2 is 1.75 bits per heavy atom. The number of nitrogens with two attached hydrogens (primary N) is 1. The van der Waals surface area contributed by atoms with Gasteiger partial charge in [-0.1, -0.05) is 24.3 Å². The first-order valence-corrected chi connectivity index (χ1v) is 15.5. The minimum absolute atomic E-state index is 0.118. The van der Waals surface area contributed by atoms with Gasteiger partial charge in [-0.25, -0.2) is 14.4 Å². The monoisotopic (exact) mass is 599 g/mol. The molecule has 0 bridgehead atoms. The largest absolute Gasteiger partial charge is 0.364 e. The number of carbonyl (C=O) groups excluding carboxylic acids is 3. The number of aromatic nitrogens is 2. The van der Waals surface area contributed by atoms with Crippen molar-refractivity contribution in [1.29, 1.82) is 0 Å². The molecule has 3 aliphatic rings. The molecule has 6 rings (SSSR count). The van der Waals surface area contributed by atoms with Crippen molar-refractivity contribution in [3.05, 3.63) is 76.9 Å². The van der Waals surface area contributed by atoms with Crippen LogP contribution >= 0.6 is 0 Å². The number of imide groups is 1. The Morgan fingerprint density at radius 1 is 1.00 bits per heavy atom. The number of likely N-dealkylation sites (tertiary alicyclic amines) is 1. The van der Waals surface area contributed by atoms with Crippen molar-refractivity contribution in [3.63, 3.8) is 0 Å². The zero-order valence-corrected chi connectivity index (χ0v) is 24.7. The lowest BCUT2D eigenvalue weighted by atomic mass is 9.88. The van der Waals surface area contributed by atoms with E-state index in [0.717, 1.165) is 68.9 Å². The second-order valence-corrected chi connectivity index (χ2v) is 12.0. The molecule has 0 aliphatic carbocycles. The summed E-state index contributed by atoms with van der Waals surface area (Å²) in [7, 11) is 0. The molecule has 4 N–H and O–H groups in total. The van der Waals surface area contributed by atoms with E-state index in [1.807, 2.05) is 18.2 Å². The Kier molecular flexibility index (Phi) is 8.83. The fourth-order valence-electron chi connectivity index (χ4n) is 6.52. The van der Waals surface area contributed by atoms with Gasteiger partial charge < -0.3 is 16.0 Å². The number of carbonyl (C=O) groups is 3. The number of halogens is 1. The number of primary amides is 1. The Hall–Kier alpha value is -4.38. The minimum Gasteiger partial charge on any atom is -0.364 e. The molecular weight excluding hydrogens is 561 g/mol. The van der Waals surface area contributed by atoms with Crippen LogP contribution in [0.5, 0.6) is 0 Å². The SMILES string of the molecule is NC(=O)c1ncc(N2CCCCC2)nc1Nc1ccc(C2CCN(Cc3ccc(C4CCC(=O)NC4=O)c(F)c3)CC2)cc1. The van der Waals surface area contributed by atoms with Crippen LogP contribution in [-0.4, -0.2) is 58.8 Å².